The van der Waals surface area contributed by atoms with E-state index in [1.165, 1.54) is 5.56 Å². The SMILES string of the molecule is Cc1cccc(COc2cccc(C(=O)NCc3ccccn3)c2)c1. The number of carbonyl (C=O) groups excluding carboxylic acids is 1. The maximum atomic E-state index is 12.3. The zero-order valence-electron chi connectivity index (χ0n) is 14.1. The Balaban J connectivity index is 1.59. The molecule has 0 fully saturated rings. The lowest BCUT2D eigenvalue weighted by atomic mass is 10.1. The Morgan fingerprint density at radius 2 is 1.92 bits per heavy atom. The number of hydrogen-bond acceptors (Lipinski definition) is 3. The van der Waals surface area contributed by atoms with Crippen molar-refractivity contribution in [3.05, 3.63) is 95.3 Å². The lowest BCUT2D eigenvalue weighted by Gasteiger charge is -2.09. The molecule has 0 unspecified atom stereocenters. The van der Waals surface area contributed by atoms with Crippen LogP contribution in [0.2, 0.25) is 0 Å². The summed E-state index contributed by atoms with van der Waals surface area (Å²) in [5, 5.41) is 2.87. The molecular weight excluding hydrogens is 312 g/mol. The van der Waals surface area contributed by atoms with Crippen molar-refractivity contribution in [2.45, 2.75) is 20.1 Å². The Morgan fingerprint density at radius 1 is 1.04 bits per heavy atom. The second-order valence-corrected chi connectivity index (χ2v) is 5.81. The first-order valence-corrected chi connectivity index (χ1v) is 8.17. The van der Waals surface area contributed by atoms with Crippen molar-refractivity contribution in [2.75, 3.05) is 0 Å². The molecule has 0 spiro atoms. The molecule has 25 heavy (non-hydrogen) atoms. The first-order chi connectivity index (χ1) is 12.2. The molecule has 0 saturated heterocycles. The van der Waals surface area contributed by atoms with Crippen LogP contribution in [0.15, 0.2) is 72.9 Å². The van der Waals surface area contributed by atoms with E-state index in [0.717, 1.165) is 11.3 Å². The van der Waals surface area contributed by atoms with Crippen molar-refractivity contribution < 1.29 is 9.53 Å². The number of hydrogen-bond donors (Lipinski definition) is 1. The fourth-order valence-electron chi connectivity index (χ4n) is 2.47. The van der Waals surface area contributed by atoms with Gasteiger partial charge in [-0.05, 0) is 42.8 Å². The Bertz CT molecular complexity index is 847. The van der Waals surface area contributed by atoms with Crippen LogP contribution in [0.1, 0.15) is 27.2 Å². The van der Waals surface area contributed by atoms with Crippen molar-refractivity contribution in [1.29, 1.82) is 0 Å². The van der Waals surface area contributed by atoms with Crippen molar-refractivity contribution >= 4 is 5.91 Å². The number of ether oxygens (including phenoxy) is 1. The highest BCUT2D eigenvalue weighted by Crippen LogP contribution is 2.16. The number of amides is 1. The van der Waals surface area contributed by atoms with Gasteiger partial charge in [0, 0.05) is 11.8 Å². The van der Waals surface area contributed by atoms with Crippen LogP contribution in [0.25, 0.3) is 0 Å². The van der Waals surface area contributed by atoms with E-state index < -0.39 is 0 Å². The van der Waals surface area contributed by atoms with E-state index in [4.69, 9.17) is 4.74 Å². The third kappa shape index (κ3) is 4.91. The van der Waals surface area contributed by atoms with Gasteiger partial charge in [0.25, 0.3) is 5.91 Å². The average Bonchev–Trinajstić information content (AvgIpc) is 2.65. The van der Waals surface area contributed by atoms with E-state index in [0.29, 0.717) is 24.5 Å². The highest BCUT2D eigenvalue weighted by molar-refractivity contribution is 5.94. The molecule has 4 nitrogen and oxygen atoms in total. The molecule has 0 aliphatic carbocycles. The smallest absolute Gasteiger partial charge is 0.251 e. The zero-order valence-corrected chi connectivity index (χ0v) is 14.1. The first kappa shape index (κ1) is 16.7. The maximum Gasteiger partial charge on any atom is 0.251 e. The predicted octanol–water partition coefficient (Wildman–Crippen LogP) is 3.90. The maximum absolute atomic E-state index is 12.3. The zero-order chi connectivity index (χ0) is 17.5. The standard InChI is InChI=1S/C21H20N2O2/c1-16-6-4-7-17(12-16)15-25-20-10-5-8-18(13-20)21(24)23-14-19-9-2-3-11-22-19/h2-13H,14-15H2,1H3,(H,23,24). The van der Waals surface area contributed by atoms with Gasteiger partial charge in [-0.25, -0.2) is 0 Å². The van der Waals surface area contributed by atoms with E-state index in [2.05, 4.69) is 29.4 Å². The van der Waals surface area contributed by atoms with Crippen LogP contribution in [-0.2, 0) is 13.2 Å². The number of pyridine rings is 1. The topological polar surface area (TPSA) is 51.2 Å². The van der Waals surface area contributed by atoms with Gasteiger partial charge in [-0.3, -0.25) is 9.78 Å². The number of aromatic nitrogens is 1. The molecule has 1 amide bonds. The monoisotopic (exact) mass is 332 g/mol. The molecule has 0 bridgehead atoms. The van der Waals surface area contributed by atoms with Gasteiger partial charge >= 0.3 is 0 Å². The van der Waals surface area contributed by atoms with Crippen molar-refractivity contribution in [1.82, 2.24) is 10.3 Å². The quantitative estimate of drug-likeness (QED) is 0.745. The lowest BCUT2D eigenvalue weighted by molar-refractivity contribution is 0.0950. The summed E-state index contributed by atoms with van der Waals surface area (Å²) in [5.41, 5.74) is 3.69. The van der Waals surface area contributed by atoms with Gasteiger partial charge < -0.3 is 10.1 Å². The minimum absolute atomic E-state index is 0.147. The Kier molecular flexibility index (Phi) is 5.42. The third-order valence-electron chi connectivity index (χ3n) is 3.74. The fourth-order valence-corrected chi connectivity index (χ4v) is 2.47. The van der Waals surface area contributed by atoms with Gasteiger partial charge in [0.15, 0.2) is 0 Å². The van der Waals surface area contributed by atoms with Gasteiger partial charge in [-0.1, -0.05) is 42.0 Å². The molecule has 3 rings (SSSR count). The molecule has 2 aromatic carbocycles. The summed E-state index contributed by atoms with van der Waals surface area (Å²) in [5.74, 6) is 0.527. The van der Waals surface area contributed by atoms with Crippen molar-refractivity contribution in [3.8, 4) is 5.75 Å². The van der Waals surface area contributed by atoms with Gasteiger partial charge in [-0.2, -0.15) is 0 Å². The highest BCUT2D eigenvalue weighted by Gasteiger charge is 2.07. The number of benzene rings is 2. The lowest BCUT2D eigenvalue weighted by Crippen LogP contribution is -2.23. The van der Waals surface area contributed by atoms with Crippen molar-refractivity contribution in [3.63, 3.8) is 0 Å². The summed E-state index contributed by atoms with van der Waals surface area (Å²) in [7, 11) is 0. The molecule has 1 heterocycles. The van der Waals surface area contributed by atoms with Crippen LogP contribution in [0.4, 0.5) is 0 Å². The molecule has 1 aromatic heterocycles. The number of carbonyl (C=O) groups is 1. The highest BCUT2D eigenvalue weighted by atomic mass is 16.5. The molecule has 0 aliphatic heterocycles. The van der Waals surface area contributed by atoms with E-state index in [-0.39, 0.29) is 5.91 Å². The molecular formula is C21H20N2O2. The molecule has 3 aromatic rings. The van der Waals surface area contributed by atoms with Gasteiger partial charge in [0.1, 0.15) is 12.4 Å². The van der Waals surface area contributed by atoms with Crippen LogP contribution in [0.5, 0.6) is 5.75 Å². The minimum atomic E-state index is -0.147. The first-order valence-electron chi connectivity index (χ1n) is 8.17. The van der Waals surface area contributed by atoms with Crippen molar-refractivity contribution in [2.24, 2.45) is 0 Å². The van der Waals surface area contributed by atoms with Gasteiger partial charge in [0.05, 0.1) is 12.2 Å². The number of rotatable bonds is 6. The van der Waals surface area contributed by atoms with Crippen LogP contribution < -0.4 is 10.1 Å². The van der Waals surface area contributed by atoms with E-state index in [1.807, 2.05) is 42.5 Å². The Hall–Kier alpha value is -3.14. The summed E-state index contributed by atoms with van der Waals surface area (Å²) in [6.45, 7) is 2.92. The Morgan fingerprint density at radius 3 is 2.72 bits per heavy atom. The van der Waals surface area contributed by atoms with Crippen LogP contribution in [0.3, 0.4) is 0 Å². The normalized spacial score (nSPS) is 10.3. The van der Waals surface area contributed by atoms with Crippen LogP contribution in [-0.4, -0.2) is 10.9 Å². The molecule has 1 N–H and O–H groups in total. The van der Waals surface area contributed by atoms with Gasteiger partial charge in [-0.15, -0.1) is 0 Å². The summed E-state index contributed by atoms with van der Waals surface area (Å²) in [6, 6.07) is 21.0. The fraction of sp³-hybridized carbons (Fsp3) is 0.143. The summed E-state index contributed by atoms with van der Waals surface area (Å²) in [4.78, 5) is 16.5. The molecule has 0 radical (unpaired) electrons. The molecule has 0 saturated carbocycles. The number of aryl methyl sites for hydroxylation is 1. The third-order valence-corrected chi connectivity index (χ3v) is 3.74. The molecule has 0 atom stereocenters. The largest absolute Gasteiger partial charge is 0.489 e. The molecule has 126 valence electrons. The number of nitrogens with zero attached hydrogens (tertiary/aromatic N) is 1. The summed E-state index contributed by atoms with van der Waals surface area (Å²) < 4.78 is 5.81. The van der Waals surface area contributed by atoms with E-state index >= 15 is 0 Å². The van der Waals surface area contributed by atoms with Crippen LogP contribution >= 0.6 is 0 Å². The Labute approximate surface area is 147 Å². The second-order valence-electron chi connectivity index (χ2n) is 5.81. The minimum Gasteiger partial charge on any atom is -0.489 e. The van der Waals surface area contributed by atoms with E-state index in [1.54, 1.807) is 18.3 Å². The average molecular weight is 332 g/mol. The molecule has 0 aliphatic rings. The van der Waals surface area contributed by atoms with Crippen LogP contribution in [0, 0.1) is 6.92 Å². The number of nitrogens with one attached hydrogen (secondary N) is 1. The van der Waals surface area contributed by atoms with E-state index in [9.17, 15) is 4.79 Å². The van der Waals surface area contributed by atoms with Gasteiger partial charge in [0.2, 0.25) is 0 Å². The predicted molar refractivity (Wildman–Crippen MR) is 97.4 cm³/mol. The molecule has 4 heteroatoms. The summed E-state index contributed by atoms with van der Waals surface area (Å²) >= 11 is 0. The second kappa shape index (κ2) is 8.11. The summed E-state index contributed by atoms with van der Waals surface area (Å²) in [6.07, 6.45) is 1.71.